The van der Waals surface area contributed by atoms with Gasteiger partial charge in [-0.25, -0.2) is 9.59 Å². The maximum atomic E-state index is 14.3. The first kappa shape index (κ1) is 44.8. The number of dihydropyridines is 1. The number of nitrogens with one attached hydrogen (secondary N) is 1. The van der Waals surface area contributed by atoms with E-state index in [0.717, 1.165) is 18.2 Å². The zero-order valence-corrected chi connectivity index (χ0v) is 33.5. The summed E-state index contributed by atoms with van der Waals surface area (Å²) in [6, 6.07) is 4.60. The lowest BCUT2D eigenvalue weighted by atomic mass is 9.78. The molecule has 11 atom stereocenters. The van der Waals surface area contributed by atoms with Crippen LogP contribution in [-0.2, 0) is 30.2 Å². The first-order chi connectivity index (χ1) is 30.2. The van der Waals surface area contributed by atoms with Gasteiger partial charge >= 0.3 is 11.9 Å². The number of carboxylic acid groups (broad SMARTS) is 1. The van der Waals surface area contributed by atoms with Crippen molar-refractivity contribution in [2.24, 2.45) is 5.73 Å². The van der Waals surface area contributed by atoms with E-state index in [1.165, 1.54) is 6.07 Å². The normalized spacial score (nSPS) is 34.3. The summed E-state index contributed by atoms with van der Waals surface area (Å²) in [4.78, 5) is 40.8. The summed E-state index contributed by atoms with van der Waals surface area (Å²) in [6.07, 6.45) is -13.8. The minimum absolute atomic E-state index is 0.0646. The molecule has 22 nitrogen and oxygen atoms in total. The number of aliphatic hydroxyl groups is 8. The van der Waals surface area contributed by atoms with Gasteiger partial charge in [-0.1, -0.05) is 18.9 Å². The molecular weight excluding hydrogens is 852 g/mol. The highest BCUT2D eigenvalue weighted by atomic mass is 16.8. The molecule has 15 N–H and O–H groups in total. The van der Waals surface area contributed by atoms with Crippen LogP contribution in [0.2, 0.25) is 0 Å². The highest BCUT2D eigenvalue weighted by molar-refractivity contribution is 5.89. The number of allylic oxidation sites excluding steroid dienone is 2. The first-order valence-corrected chi connectivity index (χ1v) is 20.0. The summed E-state index contributed by atoms with van der Waals surface area (Å²) in [5, 5.41) is 133. The van der Waals surface area contributed by atoms with Gasteiger partial charge in [-0.3, -0.25) is 4.79 Å². The van der Waals surface area contributed by atoms with Crippen molar-refractivity contribution in [3.8, 4) is 46.2 Å². The number of aliphatic hydroxyl groups excluding tert-OH is 6. The molecule has 1 aromatic heterocycles. The van der Waals surface area contributed by atoms with E-state index in [1.54, 1.807) is 12.3 Å². The molecule has 6 heterocycles. The Balaban J connectivity index is 1.32. The van der Waals surface area contributed by atoms with Crippen molar-refractivity contribution in [2.75, 3.05) is 6.61 Å². The Morgan fingerprint density at radius 2 is 1.72 bits per heavy atom. The molecule has 8 rings (SSSR count). The number of fused-ring (bicyclic) bond motifs is 4. The van der Waals surface area contributed by atoms with Gasteiger partial charge < -0.3 is 95.7 Å². The second-order valence-corrected chi connectivity index (χ2v) is 16.2. The van der Waals surface area contributed by atoms with Crippen molar-refractivity contribution in [1.82, 2.24) is 5.32 Å². The molecule has 0 aliphatic carbocycles. The summed E-state index contributed by atoms with van der Waals surface area (Å²) in [7, 11) is 0. The maximum Gasteiger partial charge on any atom is 0.354 e. The lowest BCUT2D eigenvalue weighted by molar-refractivity contribution is -0.396. The number of rotatable bonds is 6. The Hall–Kier alpha value is -5.81. The predicted octanol–water partition coefficient (Wildman–Crippen LogP) is -2.44. The van der Waals surface area contributed by atoms with Crippen LogP contribution in [0.25, 0.3) is 22.3 Å². The molecule has 5 aliphatic rings. The highest BCUT2D eigenvalue weighted by Gasteiger charge is 2.71. The quantitative estimate of drug-likeness (QED) is 0.0529. The average molecular weight is 897 g/mol. The second kappa shape index (κ2) is 15.7. The minimum Gasteiger partial charge on any atom is -0.507 e. The van der Waals surface area contributed by atoms with E-state index in [2.05, 4.69) is 11.2 Å². The average Bonchev–Trinajstić information content (AvgIpc) is 3.37. The number of carboxylic acids is 1. The lowest BCUT2D eigenvalue weighted by Gasteiger charge is -2.52. The lowest BCUT2D eigenvalue weighted by Crippen LogP contribution is -2.76. The molecule has 64 heavy (non-hydrogen) atoms. The van der Waals surface area contributed by atoms with Crippen LogP contribution in [0.15, 0.2) is 56.9 Å². The van der Waals surface area contributed by atoms with Crippen molar-refractivity contribution in [3.63, 3.8) is 0 Å². The second-order valence-electron chi connectivity index (χ2n) is 16.2. The standard InChI is InChI=1S/C42H44N2O20/c1-2-16-10-19(15-44-35(16)43)20-4-8-41(62-25-14-24-27(29(49)26(20)25)21(46)13-23(60-24)18-11-17(5-9-45)28(48)22(47)12-18)33(53)30(50)32(52)39(64-41)6-3-7-40(37(55)56)42(58,59)34(54)31(51)36(63-40)61-38(39)57/h10-15,20,30-36,44-45,47-54,58-59H,2,4-6,8-9,43H2,1H3,(H,55,56)/t20-,30-,31+,32-,33+,34+,35?,36-,39-,40+,41-/m0/s1. The molecule has 0 radical (unpaired) electrons. The number of aromatic hydroxyl groups is 3. The van der Waals surface area contributed by atoms with Crippen molar-refractivity contribution in [1.29, 1.82) is 0 Å². The molecule has 0 saturated carbocycles. The number of hydrogen-bond donors (Lipinski definition) is 14. The number of hydrogen-bond acceptors (Lipinski definition) is 21. The number of carbonyl (C=O) groups is 2. The number of esters is 1. The summed E-state index contributed by atoms with van der Waals surface area (Å²) in [6.45, 7) is 1.43. The molecule has 22 heteroatoms. The van der Waals surface area contributed by atoms with Gasteiger partial charge in [-0.2, -0.15) is 0 Å². The molecular formula is C42H44N2O20. The monoisotopic (exact) mass is 896 g/mol. The third-order valence-electron chi connectivity index (χ3n) is 12.5. The van der Waals surface area contributed by atoms with Gasteiger partial charge in [0.2, 0.25) is 23.5 Å². The van der Waals surface area contributed by atoms with Crippen LogP contribution in [0.4, 0.5) is 0 Å². The summed E-state index contributed by atoms with van der Waals surface area (Å²) >= 11 is 0. The van der Waals surface area contributed by atoms with Gasteiger partial charge in [0.05, 0.1) is 12.6 Å². The van der Waals surface area contributed by atoms with Gasteiger partial charge in [0.15, 0.2) is 16.9 Å². The van der Waals surface area contributed by atoms with E-state index < -0.39 is 126 Å². The molecule has 2 bridgehead atoms. The van der Waals surface area contributed by atoms with Crippen LogP contribution < -0.4 is 21.2 Å². The fourth-order valence-electron chi connectivity index (χ4n) is 8.91. The third kappa shape index (κ3) is 6.59. The molecule has 2 fully saturated rings. The van der Waals surface area contributed by atoms with E-state index in [-0.39, 0.29) is 52.0 Å². The van der Waals surface area contributed by atoms with Crippen LogP contribution in [-0.4, -0.2) is 146 Å². The van der Waals surface area contributed by atoms with E-state index in [9.17, 15) is 75.7 Å². The van der Waals surface area contributed by atoms with Crippen molar-refractivity contribution >= 4 is 22.9 Å². The summed E-state index contributed by atoms with van der Waals surface area (Å²) in [5.41, 5.74) is -0.107. The number of benzene rings is 2. The smallest absolute Gasteiger partial charge is 0.354 e. The molecule has 5 aliphatic heterocycles. The van der Waals surface area contributed by atoms with E-state index in [1.807, 2.05) is 12.8 Å². The molecule has 0 amide bonds. The SMILES string of the molecule is CCC1=CC([C@@H]2CC[C@]3(Oc4cc5oc(-c6cc(O)c(O)c(CCO)c6)cc(=O)c5c(O)c42)O[C@@]2(CC#C[C@]4(C(=O)O)O[C@H](OC2=O)[C@H](O)[C@@H](O)C4(O)O)[C@@H](O)[C@H](O)[C@H]3O)=CNC1N. The number of phenolic OH excluding ortho intramolecular Hbond substituents is 3. The van der Waals surface area contributed by atoms with Crippen LogP contribution in [0.1, 0.15) is 49.7 Å². The Labute approximate surface area is 360 Å². The number of ether oxygens (including phenoxy) is 4. The van der Waals surface area contributed by atoms with Gasteiger partial charge in [0, 0.05) is 54.0 Å². The van der Waals surface area contributed by atoms with Gasteiger partial charge in [0.1, 0.15) is 58.7 Å². The first-order valence-electron chi connectivity index (χ1n) is 20.0. The Kier molecular flexibility index (Phi) is 11.0. The van der Waals surface area contributed by atoms with Crippen molar-refractivity contribution in [3.05, 3.63) is 69.0 Å². The number of nitrogens with two attached hydrogens (primary N) is 1. The predicted molar refractivity (Wildman–Crippen MR) is 211 cm³/mol. The van der Waals surface area contributed by atoms with Crippen LogP contribution in [0, 0.1) is 11.8 Å². The fraction of sp³-hybridized carbons (Fsp3) is 0.452. The van der Waals surface area contributed by atoms with E-state index in [4.69, 9.17) is 29.1 Å². The minimum atomic E-state index is -3.83. The van der Waals surface area contributed by atoms with Crippen LogP contribution in [0.3, 0.4) is 0 Å². The third-order valence-corrected chi connectivity index (χ3v) is 12.5. The van der Waals surface area contributed by atoms with Gasteiger partial charge in [-0.15, -0.1) is 0 Å². The largest absolute Gasteiger partial charge is 0.507 e. The van der Waals surface area contributed by atoms with Crippen LogP contribution >= 0.6 is 0 Å². The number of aliphatic carboxylic acids is 1. The van der Waals surface area contributed by atoms with Crippen molar-refractivity contribution in [2.45, 2.75) is 111 Å². The van der Waals surface area contributed by atoms with E-state index in [0.29, 0.717) is 17.6 Å². The Morgan fingerprint density at radius 3 is 2.41 bits per heavy atom. The molecule has 2 spiro atoms. The summed E-state index contributed by atoms with van der Waals surface area (Å²) < 4.78 is 29.3. The fourth-order valence-corrected chi connectivity index (χ4v) is 8.91. The van der Waals surface area contributed by atoms with Crippen LogP contribution in [0.5, 0.6) is 23.0 Å². The Morgan fingerprint density at radius 1 is 0.984 bits per heavy atom. The summed E-state index contributed by atoms with van der Waals surface area (Å²) in [5.74, 6) is -9.64. The topological polar surface area (TPSA) is 382 Å². The van der Waals surface area contributed by atoms with E-state index >= 15 is 0 Å². The number of carbonyl (C=O) groups excluding carboxylic acids is 1. The molecule has 342 valence electrons. The van der Waals surface area contributed by atoms with Crippen molar-refractivity contribution < 1.29 is 94.2 Å². The highest BCUT2D eigenvalue weighted by Crippen LogP contribution is 2.54. The van der Waals surface area contributed by atoms with Gasteiger partial charge in [-0.05, 0) is 48.5 Å². The number of phenols is 3. The Bertz CT molecular complexity index is 2630. The van der Waals surface area contributed by atoms with Gasteiger partial charge in [0.25, 0.3) is 5.60 Å². The molecule has 3 aromatic rings. The zero-order chi connectivity index (χ0) is 46.4. The molecule has 1 unspecified atom stereocenters. The molecule has 2 saturated heterocycles. The molecule has 2 aromatic carbocycles. The zero-order valence-electron chi connectivity index (χ0n) is 33.5. The maximum absolute atomic E-state index is 14.3.